The SMILES string of the molecule is CCN(CC)CCOCCNC(=O)C(Cc1ccccn1)c1ccc(F)cc1. The first kappa shape index (κ1) is 22.0. The maximum Gasteiger partial charge on any atom is 0.228 e. The number of ether oxygens (including phenoxy) is 1. The van der Waals surface area contributed by atoms with Gasteiger partial charge in [-0.1, -0.05) is 32.0 Å². The minimum atomic E-state index is -0.425. The molecule has 0 aliphatic rings. The highest BCUT2D eigenvalue weighted by Gasteiger charge is 2.21. The standard InChI is InChI=1S/C22H30FN3O2/c1-3-26(4-2)14-16-28-15-13-25-22(27)21(17-20-7-5-6-12-24-20)18-8-10-19(23)11-9-18/h5-12,21H,3-4,13-17H2,1-2H3,(H,25,27). The van der Waals surface area contributed by atoms with Crippen LogP contribution in [0.1, 0.15) is 31.0 Å². The number of nitrogens with one attached hydrogen (secondary N) is 1. The number of carbonyl (C=O) groups excluding carboxylic acids is 1. The van der Waals surface area contributed by atoms with Gasteiger partial charge in [0.25, 0.3) is 0 Å². The minimum Gasteiger partial charge on any atom is -0.378 e. The van der Waals surface area contributed by atoms with E-state index in [1.807, 2.05) is 18.2 Å². The average molecular weight is 387 g/mol. The van der Waals surface area contributed by atoms with Crippen LogP contribution in [0.3, 0.4) is 0 Å². The molecule has 5 nitrogen and oxygen atoms in total. The van der Waals surface area contributed by atoms with Crippen LogP contribution in [0.25, 0.3) is 0 Å². The van der Waals surface area contributed by atoms with Gasteiger partial charge in [-0.3, -0.25) is 9.78 Å². The molecule has 1 heterocycles. The van der Waals surface area contributed by atoms with Gasteiger partial charge in [-0.05, 0) is 42.9 Å². The van der Waals surface area contributed by atoms with E-state index in [-0.39, 0.29) is 11.7 Å². The zero-order valence-corrected chi connectivity index (χ0v) is 16.7. The maximum absolute atomic E-state index is 13.3. The molecule has 1 aromatic heterocycles. The minimum absolute atomic E-state index is 0.107. The highest BCUT2D eigenvalue weighted by Crippen LogP contribution is 2.21. The smallest absolute Gasteiger partial charge is 0.228 e. The quantitative estimate of drug-likeness (QED) is 0.569. The van der Waals surface area contributed by atoms with Gasteiger partial charge in [0.2, 0.25) is 5.91 Å². The third kappa shape index (κ3) is 7.37. The van der Waals surface area contributed by atoms with Gasteiger partial charge in [0, 0.05) is 31.4 Å². The van der Waals surface area contributed by atoms with Gasteiger partial charge in [-0.15, -0.1) is 0 Å². The molecule has 28 heavy (non-hydrogen) atoms. The van der Waals surface area contributed by atoms with Gasteiger partial charge in [0.1, 0.15) is 5.82 Å². The predicted molar refractivity (Wildman–Crippen MR) is 109 cm³/mol. The van der Waals surface area contributed by atoms with Crippen LogP contribution >= 0.6 is 0 Å². The highest BCUT2D eigenvalue weighted by molar-refractivity contribution is 5.83. The Labute approximate surface area is 166 Å². The lowest BCUT2D eigenvalue weighted by Gasteiger charge is -2.19. The lowest BCUT2D eigenvalue weighted by atomic mass is 9.93. The molecule has 6 heteroatoms. The van der Waals surface area contributed by atoms with Gasteiger partial charge >= 0.3 is 0 Å². The first-order valence-electron chi connectivity index (χ1n) is 9.87. The Morgan fingerprint density at radius 3 is 2.54 bits per heavy atom. The van der Waals surface area contributed by atoms with Crippen LogP contribution in [0.15, 0.2) is 48.7 Å². The lowest BCUT2D eigenvalue weighted by Crippen LogP contribution is -2.34. The van der Waals surface area contributed by atoms with Crippen LogP contribution < -0.4 is 5.32 Å². The summed E-state index contributed by atoms with van der Waals surface area (Å²) in [6.07, 6.45) is 2.17. The third-order valence-electron chi connectivity index (χ3n) is 4.72. The number of nitrogens with zero attached hydrogens (tertiary/aromatic N) is 2. The molecule has 1 aromatic carbocycles. The van der Waals surface area contributed by atoms with E-state index in [4.69, 9.17) is 4.74 Å². The lowest BCUT2D eigenvalue weighted by molar-refractivity contribution is -0.122. The molecule has 0 saturated carbocycles. The number of hydrogen-bond donors (Lipinski definition) is 1. The number of pyridine rings is 1. The summed E-state index contributed by atoms with van der Waals surface area (Å²) < 4.78 is 18.9. The normalized spacial score (nSPS) is 12.1. The molecular weight excluding hydrogens is 357 g/mol. The summed E-state index contributed by atoms with van der Waals surface area (Å²) in [5.74, 6) is -0.849. The number of aromatic nitrogens is 1. The number of halogens is 1. The number of benzene rings is 1. The van der Waals surface area contributed by atoms with E-state index < -0.39 is 5.92 Å². The van der Waals surface area contributed by atoms with Crippen molar-refractivity contribution in [1.82, 2.24) is 15.2 Å². The fourth-order valence-corrected chi connectivity index (χ4v) is 2.99. The topological polar surface area (TPSA) is 54.5 Å². The Kier molecular flexibility index (Phi) is 9.59. The molecule has 0 spiro atoms. The second-order valence-electron chi connectivity index (χ2n) is 6.56. The van der Waals surface area contributed by atoms with E-state index in [9.17, 15) is 9.18 Å². The molecule has 1 N–H and O–H groups in total. The molecule has 0 fully saturated rings. The Morgan fingerprint density at radius 1 is 1.14 bits per heavy atom. The summed E-state index contributed by atoms with van der Waals surface area (Å²) >= 11 is 0. The number of hydrogen-bond acceptors (Lipinski definition) is 4. The Hall–Kier alpha value is -2.31. The first-order valence-corrected chi connectivity index (χ1v) is 9.87. The van der Waals surface area contributed by atoms with Crippen LogP contribution in [-0.4, -0.2) is 55.2 Å². The van der Waals surface area contributed by atoms with Crippen LogP contribution in [0, 0.1) is 5.82 Å². The molecule has 1 unspecified atom stereocenters. The van der Waals surface area contributed by atoms with E-state index >= 15 is 0 Å². The summed E-state index contributed by atoms with van der Waals surface area (Å²) in [6, 6.07) is 11.7. The largest absolute Gasteiger partial charge is 0.378 e. The molecule has 0 radical (unpaired) electrons. The monoisotopic (exact) mass is 387 g/mol. The van der Waals surface area contributed by atoms with Gasteiger partial charge in [0.05, 0.1) is 19.1 Å². The van der Waals surface area contributed by atoms with E-state index in [2.05, 4.69) is 29.0 Å². The molecule has 2 aromatic rings. The van der Waals surface area contributed by atoms with Crippen molar-refractivity contribution in [1.29, 1.82) is 0 Å². The molecule has 0 aliphatic carbocycles. The summed E-state index contributed by atoms with van der Waals surface area (Å²) in [5, 5.41) is 2.93. The van der Waals surface area contributed by atoms with Crippen molar-refractivity contribution in [2.45, 2.75) is 26.2 Å². The number of rotatable bonds is 12. The number of likely N-dealkylation sites (N-methyl/N-ethyl adjacent to an activating group) is 1. The van der Waals surface area contributed by atoms with Gasteiger partial charge in [-0.25, -0.2) is 4.39 Å². The van der Waals surface area contributed by atoms with Crippen molar-refractivity contribution in [3.05, 3.63) is 65.7 Å². The molecule has 1 amide bonds. The fourth-order valence-electron chi connectivity index (χ4n) is 2.99. The predicted octanol–water partition coefficient (Wildman–Crippen LogP) is 3.02. The third-order valence-corrected chi connectivity index (χ3v) is 4.72. The van der Waals surface area contributed by atoms with E-state index in [0.29, 0.717) is 26.2 Å². The van der Waals surface area contributed by atoms with E-state index in [1.165, 1.54) is 12.1 Å². The number of amides is 1. The van der Waals surface area contributed by atoms with Crippen LogP contribution in [0.4, 0.5) is 4.39 Å². The highest BCUT2D eigenvalue weighted by atomic mass is 19.1. The van der Waals surface area contributed by atoms with E-state index in [1.54, 1.807) is 18.3 Å². The molecule has 1 atom stereocenters. The van der Waals surface area contributed by atoms with Crippen molar-refractivity contribution in [3.63, 3.8) is 0 Å². The summed E-state index contributed by atoms with van der Waals surface area (Å²) in [5.41, 5.74) is 1.59. The van der Waals surface area contributed by atoms with Crippen LogP contribution in [0.2, 0.25) is 0 Å². The fraction of sp³-hybridized carbons (Fsp3) is 0.455. The average Bonchev–Trinajstić information content (AvgIpc) is 2.73. The molecule has 0 aliphatic heterocycles. The second-order valence-corrected chi connectivity index (χ2v) is 6.56. The molecule has 0 bridgehead atoms. The maximum atomic E-state index is 13.3. The van der Waals surface area contributed by atoms with Crippen LogP contribution in [0.5, 0.6) is 0 Å². The Morgan fingerprint density at radius 2 is 1.89 bits per heavy atom. The zero-order valence-electron chi connectivity index (χ0n) is 16.7. The molecule has 2 rings (SSSR count). The summed E-state index contributed by atoms with van der Waals surface area (Å²) in [4.78, 5) is 19.4. The second kappa shape index (κ2) is 12.2. The van der Waals surface area contributed by atoms with E-state index in [0.717, 1.165) is 30.9 Å². The van der Waals surface area contributed by atoms with Crippen molar-refractivity contribution in [2.75, 3.05) is 39.4 Å². The van der Waals surface area contributed by atoms with Crippen molar-refractivity contribution in [2.24, 2.45) is 0 Å². The Balaban J connectivity index is 1.87. The van der Waals surface area contributed by atoms with Gasteiger partial charge in [0.15, 0.2) is 0 Å². The summed E-state index contributed by atoms with van der Waals surface area (Å²) in [7, 11) is 0. The summed E-state index contributed by atoms with van der Waals surface area (Å²) in [6.45, 7) is 8.70. The molecular formula is C22H30FN3O2. The Bertz CT molecular complexity index is 691. The first-order chi connectivity index (χ1) is 13.6. The number of carbonyl (C=O) groups is 1. The van der Waals surface area contributed by atoms with Crippen molar-refractivity contribution < 1.29 is 13.9 Å². The van der Waals surface area contributed by atoms with Gasteiger partial charge in [-0.2, -0.15) is 0 Å². The van der Waals surface area contributed by atoms with Crippen LogP contribution in [-0.2, 0) is 16.0 Å². The molecule has 152 valence electrons. The van der Waals surface area contributed by atoms with Crippen molar-refractivity contribution >= 4 is 5.91 Å². The van der Waals surface area contributed by atoms with Gasteiger partial charge < -0.3 is 15.0 Å². The molecule has 0 saturated heterocycles. The zero-order chi connectivity index (χ0) is 20.2. The van der Waals surface area contributed by atoms with Crippen molar-refractivity contribution in [3.8, 4) is 0 Å².